The van der Waals surface area contributed by atoms with E-state index in [0.29, 0.717) is 79.3 Å². The fraction of sp³-hybridized carbons (Fsp3) is 0.452. The van der Waals surface area contributed by atoms with Crippen LogP contribution < -0.4 is 21.7 Å². The molecule has 3 aromatic rings. The number of nitrogens with one attached hydrogen (secondary N) is 3. The summed E-state index contributed by atoms with van der Waals surface area (Å²) in [4.78, 5) is 38.1. The van der Waals surface area contributed by atoms with Crippen LogP contribution >= 0.6 is 0 Å². The summed E-state index contributed by atoms with van der Waals surface area (Å²) in [5, 5.41) is 9.91. The Morgan fingerprint density at radius 3 is 2.46 bits per heavy atom. The Bertz CT molecular complexity index is 1520. The summed E-state index contributed by atoms with van der Waals surface area (Å²) in [5.41, 5.74) is 7.56. The van der Waals surface area contributed by atoms with E-state index in [-0.39, 0.29) is 40.4 Å². The van der Waals surface area contributed by atoms with Gasteiger partial charge >= 0.3 is 0 Å². The van der Waals surface area contributed by atoms with E-state index >= 15 is 4.39 Å². The highest BCUT2D eigenvalue weighted by Crippen LogP contribution is 2.44. The van der Waals surface area contributed by atoms with Gasteiger partial charge in [-0.2, -0.15) is 0 Å². The highest BCUT2D eigenvalue weighted by atomic mass is 19.1. The van der Waals surface area contributed by atoms with Crippen LogP contribution in [-0.4, -0.2) is 48.5 Å². The molecule has 0 radical (unpaired) electrons. The number of carbonyl (C=O) groups excluding carboxylic acids is 3. The lowest BCUT2D eigenvalue weighted by molar-refractivity contribution is -0.125. The molecule has 2 heterocycles. The number of likely N-dealkylation sites (N-methyl/N-ethyl adjacent to an activating group) is 1. The number of amides is 2. The number of aromatic nitrogens is 1. The normalized spacial score (nSPS) is 20.1. The minimum absolute atomic E-state index is 0.0313. The SMILES string of the molecule is CNCCNC(=O)C1CCC(Nc2cc(-c3c4n(c5cc(F)ccc35)C(=O)CC(C)(C)C4)cc(F)c2C(N)=O)CC1. The average Bonchev–Trinajstić information content (AvgIpc) is 3.20. The first kappa shape index (κ1) is 28.7. The molecule has 8 nitrogen and oxygen atoms in total. The van der Waals surface area contributed by atoms with Crippen LogP contribution in [0.15, 0.2) is 30.3 Å². The molecule has 0 atom stereocenters. The van der Waals surface area contributed by atoms with Gasteiger partial charge in [0.1, 0.15) is 11.6 Å². The molecule has 2 amide bonds. The first-order valence-electron chi connectivity index (χ1n) is 14.2. The molecular formula is C31H37F2N5O3. The number of nitrogens with two attached hydrogens (primary N) is 1. The second kappa shape index (κ2) is 11.2. The largest absolute Gasteiger partial charge is 0.382 e. The number of nitrogens with zero attached hydrogens (tertiary/aromatic N) is 1. The number of anilines is 1. The molecule has 41 heavy (non-hydrogen) atoms. The minimum Gasteiger partial charge on any atom is -0.382 e. The molecular weight excluding hydrogens is 528 g/mol. The number of carbonyl (C=O) groups is 3. The van der Waals surface area contributed by atoms with Gasteiger partial charge in [0, 0.05) is 48.1 Å². The third-order valence-corrected chi connectivity index (χ3v) is 8.31. The van der Waals surface area contributed by atoms with E-state index in [1.54, 1.807) is 16.7 Å². The molecule has 2 aliphatic rings. The third-order valence-electron chi connectivity index (χ3n) is 8.31. The van der Waals surface area contributed by atoms with Gasteiger partial charge in [-0.1, -0.05) is 13.8 Å². The van der Waals surface area contributed by atoms with Crippen molar-refractivity contribution in [2.45, 2.75) is 58.4 Å². The number of fused-ring (bicyclic) bond motifs is 3. The molecule has 1 aromatic heterocycles. The molecule has 1 saturated carbocycles. The molecule has 10 heteroatoms. The Balaban J connectivity index is 1.50. The van der Waals surface area contributed by atoms with Crippen LogP contribution in [0.3, 0.4) is 0 Å². The van der Waals surface area contributed by atoms with Crippen molar-refractivity contribution in [1.82, 2.24) is 15.2 Å². The highest BCUT2D eigenvalue weighted by Gasteiger charge is 2.36. The summed E-state index contributed by atoms with van der Waals surface area (Å²) in [7, 11) is 1.83. The van der Waals surface area contributed by atoms with Crippen LogP contribution in [0.2, 0.25) is 0 Å². The molecule has 5 N–H and O–H groups in total. The Kier molecular flexibility index (Phi) is 7.87. The lowest BCUT2D eigenvalue weighted by atomic mass is 9.80. The quantitative estimate of drug-likeness (QED) is 0.298. The summed E-state index contributed by atoms with van der Waals surface area (Å²) in [6.45, 7) is 5.26. The van der Waals surface area contributed by atoms with Gasteiger partial charge in [-0.3, -0.25) is 19.0 Å². The summed E-state index contributed by atoms with van der Waals surface area (Å²) >= 11 is 0. The van der Waals surface area contributed by atoms with Crippen molar-refractivity contribution in [3.63, 3.8) is 0 Å². The summed E-state index contributed by atoms with van der Waals surface area (Å²) < 4.78 is 31.5. The van der Waals surface area contributed by atoms with Crippen molar-refractivity contribution < 1.29 is 23.2 Å². The van der Waals surface area contributed by atoms with Gasteiger partial charge in [-0.15, -0.1) is 0 Å². The van der Waals surface area contributed by atoms with E-state index in [0.717, 1.165) is 0 Å². The van der Waals surface area contributed by atoms with E-state index in [4.69, 9.17) is 5.73 Å². The summed E-state index contributed by atoms with van der Waals surface area (Å²) in [6.07, 6.45) is 3.50. The maximum atomic E-state index is 15.6. The molecule has 0 saturated heterocycles. The first-order chi connectivity index (χ1) is 19.5. The fourth-order valence-electron chi connectivity index (χ4n) is 6.38. The zero-order chi connectivity index (χ0) is 29.5. The first-order valence-corrected chi connectivity index (χ1v) is 14.2. The molecule has 1 aliphatic heterocycles. The molecule has 1 fully saturated rings. The van der Waals surface area contributed by atoms with E-state index in [9.17, 15) is 18.8 Å². The van der Waals surface area contributed by atoms with E-state index in [1.165, 1.54) is 18.2 Å². The molecule has 0 unspecified atom stereocenters. The second-order valence-electron chi connectivity index (χ2n) is 12.1. The monoisotopic (exact) mass is 565 g/mol. The number of hydrogen-bond donors (Lipinski definition) is 4. The standard InChI is InChI=1S/C31H37F2N5O3/c1-31(2)15-25-27(21-9-6-19(32)14-24(21)38(25)26(39)16-31)18-12-22(33)28(29(34)40)23(13-18)37-20-7-4-17(5-8-20)30(41)36-11-10-35-3/h6,9,12-14,17,20,35,37H,4-5,7-8,10-11,15-16H2,1-3H3,(H2,34,40)(H,36,41). The number of primary amides is 1. The Labute approximate surface area is 238 Å². The average molecular weight is 566 g/mol. The summed E-state index contributed by atoms with van der Waals surface area (Å²) in [5.74, 6) is -2.33. The van der Waals surface area contributed by atoms with Crippen LogP contribution in [0, 0.1) is 23.0 Å². The zero-order valence-corrected chi connectivity index (χ0v) is 23.7. The molecule has 5 rings (SSSR count). The maximum Gasteiger partial charge on any atom is 0.253 e. The van der Waals surface area contributed by atoms with Crippen molar-refractivity contribution in [2.24, 2.45) is 17.1 Å². The van der Waals surface area contributed by atoms with E-state index in [1.807, 2.05) is 20.9 Å². The Morgan fingerprint density at radius 2 is 1.78 bits per heavy atom. The van der Waals surface area contributed by atoms with Gasteiger partial charge in [-0.25, -0.2) is 8.78 Å². The number of halogens is 2. The van der Waals surface area contributed by atoms with Gasteiger partial charge in [0.05, 0.1) is 16.8 Å². The molecule has 2 aromatic carbocycles. The van der Waals surface area contributed by atoms with Gasteiger partial charge < -0.3 is 21.7 Å². The lowest BCUT2D eigenvalue weighted by Crippen LogP contribution is -2.38. The topological polar surface area (TPSA) is 118 Å². The Hall–Kier alpha value is -3.79. The van der Waals surface area contributed by atoms with Crippen LogP contribution in [0.5, 0.6) is 0 Å². The van der Waals surface area contributed by atoms with Gasteiger partial charge in [0.2, 0.25) is 11.8 Å². The van der Waals surface area contributed by atoms with Crippen molar-refractivity contribution in [3.05, 3.63) is 53.2 Å². The number of rotatable bonds is 8. The predicted octanol–water partition coefficient (Wildman–Crippen LogP) is 4.60. The van der Waals surface area contributed by atoms with Gasteiger partial charge in [0.25, 0.3) is 5.91 Å². The van der Waals surface area contributed by atoms with Gasteiger partial charge in [0.15, 0.2) is 0 Å². The van der Waals surface area contributed by atoms with Crippen LogP contribution in [0.4, 0.5) is 14.5 Å². The van der Waals surface area contributed by atoms with Gasteiger partial charge in [-0.05, 0) is 80.5 Å². The predicted molar refractivity (Wildman–Crippen MR) is 155 cm³/mol. The molecule has 218 valence electrons. The smallest absolute Gasteiger partial charge is 0.253 e. The van der Waals surface area contributed by atoms with E-state index in [2.05, 4.69) is 16.0 Å². The molecule has 0 spiro atoms. The van der Waals surface area contributed by atoms with E-state index < -0.39 is 17.5 Å². The molecule has 1 aliphatic carbocycles. The minimum atomic E-state index is -0.892. The Morgan fingerprint density at radius 1 is 1.05 bits per heavy atom. The lowest BCUT2D eigenvalue weighted by Gasteiger charge is -2.31. The van der Waals surface area contributed by atoms with Crippen molar-refractivity contribution in [2.75, 3.05) is 25.5 Å². The van der Waals surface area contributed by atoms with Crippen LogP contribution in [-0.2, 0) is 11.2 Å². The zero-order valence-electron chi connectivity index (χ0n) is 23.7. The van der Waals surface area contributed by atoms with Crippen molar-refractivity contribution >= 4 is 34.3 Å². The third kappa shape index (κ3) is 5.70. The second-order valence-corrected chi connectivity index (χ2v) is 12.1. The summed E-state index contributed by atoms with van der Waals surface area (Å²) in [6, 6.07) is 7.15. The number of benzene rings is 2. The maximum absolute atomic E-state index is 15.6. The van der Waals surface area contributed by atoms with Crippen LogP contribution in [0.25, 0.3) is 22.0 Å². The van der Waals surface area contributed by atoms with Crippen molar-refractivity contribution in [1.29, 1.82) is 0 Å². The van der Waals surface area contributed by atoms with Crippen LogP contribution in [0.1, 0.15) is 66.8 Å². The fourth-order valence-corrected chi connectivity index (χ4v) is 6.38. The highest BCUT2D eigenvalue weighted by molar-refractivity contribution is 6.06. The number of hydrogen-bond acceptors (Lipinski definition) is 5. The van der Waals surface area contributed by atoms with Crippen molar-refractivity contribution in [3.8, 4) is 11.1 Å². The molecule has 0 bridgehead atoms.